The maximum absolute atomic E-state index is 6.19. The summed E-state index contributed by atoms with van der Waals surface area (Å²) in [4.78, 5) is 0. The van der Waals surface area contributed by atoms with Gasteiger partial charge in [-0.2, -0.15) is 0 Å². The fourth-order valence-corrected chi connectivity index (χ4v) is 1.90. The molecule has 0 aromatic heterocycles. The van der Waals surface area contributed by atoms with E-state index < -0.39 is 0 Å². The Morgan fingerprint density at radius 2 is 1.71 bits per heavy atom. The SMILES string of the molecule is COc1cccc(OC)c1[C@H](N)CCCCN. The molecule has 1 atom stereocenters. The molecule has 1 rings (SSSR count). The van der Waals surface area contributed by atoms with Gasteiger partial charge in [-0.05, 0) is 31.5 Å². The zero-order chi connectivity index (χ0) is 12.7. The fraction of sp³-hybridized carbons (Fsp3) is 0.538. The molecule has 0 saturated heterocycles. The molecule has 0 saturated carbocycles. The summed E-state index contributed by atoms with van der Waals surface area (Å²) in [5.41, 5.74) is 12.6. The van der Waals surface area contributed by atoms with Gasteiger partial charge in [-0.25, -0.2) is 0 Å². The van der Waals surface area contributed by atoms with E-state index >= 15 is 0 Å². The molecule has 0 radical (unpaired) electrons. The second-order valence-electron chi connectivity index (χ2n) is 3.97. The first kappa shape index (κ1) is 13.8. The molecule has 0 aliphatic carbocycles. The minimum Gasteiger partial charge on any atom is -0.496 e. The van der Waals surface area contributed by atoms with Crippen molar-refractivity contribution in [2.24, 2.45) is 11.5 Å². The topological polar surface area (TPSA) is 70.5 Å². The molecule has 0 unspecified atom stereocenters. The zero-order valence-electron chi connectivity index (χ0n) is 10.6. The predicted octanol–water partition coefficient (Wildman–Crippen LogP) is 1.83. The Morgan fingerprint density at radius 3 is 2.18 bits per heavy atom. The number of nitrogens with two attached hydrogens (primary N) is 2. The van der Waals surface area contributed by atoms with E-state index in [2.05, 4.69) is 0 Å². The van der Waals surface area contributed by atoms with Crippen molar-refractivity contribution in [1.29, 1.82) is 0 Å². The van der Waals surface area contributed by atoms with Gasteiger partial charge in [0.25, 0.3) is 0 Å². The average Bonchev–Trinajstić information content (AvgIpc) is 2.37. The molecule has 0 aliphatic heterocycles. The molecule has 4 heteroatoms. The summed E-state index contributed by atoms with van der Waals surface area (Å²) in [6.45, 7) is 0.704. The summed E-state index contributed by atoms with van der Waals surface area (Å²) < 4.78 is 10.7. The summed E-state index contributed by atoms with van der Waals surface area (Å²) in [5, 5.41) is 0. The summed E-state index contributed by atoms with van der Waals surface area (Å²) in [7, 11) is 3.29. The number of unbranched alkanes of at least 4 members (excludes halogenated alkanes) is 1. The van der Waals surface area contributed by atoms with Gasteiger partial charge in [0, 0.05) is 6.04 Å². The third-order valence-corrected chi connectivity index (χ3v) is 2.81. The van der Waals surface area contributed by atoms with Gasteiger partial charge in [0.2, 0.25) is 0 Å². The maximum Gasteiger partial charge on any atom is 0.127 e. The molecule has 0 amide bonds. The minimum atomic E-state index is -0.0763. The first-order chi connectivity index (χ1) is 8.24. The van der Waals surface area contributed by atoms with Crippen molar-refractivity contribution < 1.29 is 9.47 Å². The van der Waals surface area contributed by atoms with E-state index in [1.807, 2.05) is 18.2 Å². The molecular formula is C13H22N2O2. The number of methoxy groups -OCH3 is 2. The van der Waals surface area contributed by atoms with Crippen molar-refractivity contribution >= 4 is 0 Å². The normalized spacial score (nSPS) is 12.2. The highest BCUT2D eigenvalue weighted by Gasteiger charge is 2.16. The Morgan fingerprint density at radius 1 is 1.12 bits per heavy atom. The predicted molar refractivity (Wildman–Crippen MR) is 69.4 cm³/mol. The molecule has 96 valence electrons. The van der Waals surface area contributed by atoms with Crippen molar-refractivity contribution in [2.75, 3.05) is 20.8 Å². The standard InChI is InChI=1S/C13H22N2O2/c1-16-11-7-5-8-12(17-2)13(11)10(15)6-3-4-9-14/h5,7-8,10H,3-4,6,9,14-15H2,1-2H3/t10-/m1/s1. The van der Waals surface area contributed by atoms with E-state index in [9.17, 15) is 0 Å². The number of ether oxygens (including phenoxy) is 2. The van der Waals surface area contributed by atoms with Crippen LogP contribution in [0.3, 0.4) is 0 Å². The molecule has 0 spiro atoms. The molecule has 0 aliphatic rings. The third-order valence-electron chi connectivity index (χ3n) is 2.81. The highest BCUT2D eigenvalue weighted by molar-refractivity contribution is 5.46. The van der Waals surface area contributed by atoms with Gasteiger partial charge in [-0.15, -0.1) is 0 Å². The van der Waals surface area contributed by atoms with Gasteiger partial charge in [-0.1, -0.05) is 12.5 Å². The Labute approximate surface area is 103 Å². The van der Waals surface area contributed by atoms with E-state index in [4.69, 9.17) is 20.9 Å². The summed E-state index contributed by atoms with van der Waals surface area (Å²) in [6.07, 6.45) is 2.89. The van der Waals surface area contributed by atoms with Crippen LogP contribution >= 0.6 is 0 Å². The van der Waals surface area contributed by atoms with Crippen LogP contribution in [0.2, 0.25) is 0 Å². The average molecular weight is 238 g/mol. The molecule has 1 aromatic carbocycles. The van der Waals surface area contributed by atoms with E-state index in [0.29, 0.717) is 6.54 Å². The van der Waals surface area contributed by atoms with E-state index in [0.717, 1.165) is 36.3 Å². The van der Waals surface area contributed by atoms with Crippen LogP contribution in [0.1, 0.15) is 30.9 Å². The Hall–Kier alpha value is -1.26. The molecule has 0 fully saturated rings. The van der Waals surface area contributed by atoms with Crippen molar-refractivity contribution in [1.82, 2.24) is 0 Å². The minimum absolute atomic E-state index is 0.0763. The molecular weight excluding hydrogens is 216 g/mol. The van der Waals surface area contributed by atoms with Gasteiger partial charge in [0.05, 0.1) is 19.8 Å². The van der Waals surface area contributed by atoms with Crippen molar-refractivity contribution in [2.45, 2.75) is 25.3 Å². The Balaban J connectivity index is 2.85. The third kappa shape index (κ3) is 3.61. The summed E-state index contributed by atoms with van der Waals surface area (Å²) in [6, 6.07) is 5.63. The first-order valence-electron chi connectivity index (χ1n) is 5.91. The molecule has 0 heterocycles. The van der Waals surface area contributed by atoms with Crippen LogP contribution in [0.5, 0.6) is 11.5 Å². The van der Waals surface area contributed by atoms with Crippen molar-refractivity contribution in [3.05, 3.63) is 23.8 Å². The second-order valence-corrected chi connectivity index (χ2v) is 3.97. The summed E-state index contributed by atoms with van der Waals surface area (Å²) in [5.74, 6) is 1.56. The van der Waals surface area contributed by atoms with Crippen LogP contribution < -0.4 is 20.9 Å². The van der Waals surface area contributed by atoms with Crippen molar-refractivity contribution in [3.63, 3.8) is 0 Å². The van der Waals surface area contributed by atoms with Crippen LogP contribution in [0, 0.1) is 0 Å². The maximum atomic E-state index is 6.19. The zero-order valence-corrected chi connectivity index (χ0v) is 10.6. The molecule has 4 nitrogen and oxygen atoms in total. The molecule has 4 N–H and O–H groups in total. The van der Waals surface area contributed by atoms with Crippen LogP contribution in [-0.2, 0) is 0 Å². The Kier molecular flexibility index (Phi) is 5.80. The lowest BCUT2D eigenvalue weighted by Gasteiger charge is -2.18. The van der Waals surface area contributed by atoms with Crippen LogP contribution in [0.15, 0.2) is 18.2 Å². The van der Waals surface area contributed by atoms with E-state index in [1.54, 1.807) is 14.2 Å². The van der Waals surface area contributed by atoms with E-state index in [1.165, 1.54) is 0 Å². The highest BCUT2D eigenvalue weighted by atomic mass is 16.5. The monoisotopic (exact) mass is 238 g/mol. The summed E-state index contributed by atoms with van der Waals surface area (Å²) >= 11 is 0. The lowest BCUT2D eigenvalue weighted by atomic mass is 10.00. The number of benzene rings is 1. The van der Waals surface area contributed by atoms with Crippen LogP contribution in [-0.4, -0.2) is 20.8 Å². The molecule has 0 bridgehead atoms. The number of rotatable bonds is 7. The number of hydrogen-bond donors (Lipinski definition) is 2. The smallest absolute Gasteiger partial charge is 0.127 e. The second kappa shape index (κ2) is 7.14. The van der Waals surface area contributed by atoms with Crippen LogP contribution in [0.25, 0.3) is 0 Å². The Bertz CT molecular complexity index is 320. The van der Waals surface area contributed by atoms with E-state index in [-0.39, 0.29) is 6.04 Å². The van der Waals surface area contributed by atoms with Gasteiger partial charge in [0.15, 0.2) is 0 Å². The fourth-order valence-electron chi connectivity index (χ4n) is 1.90. The van der Waals surface area contributed by atoms with Crippen LogP contribution in [0.4, 0.5) is 0 Å². The van der Waals surface area contributed by atoms with Crippen molar-refractivity contribution in [3.8, 4) is 11.5 Å². The lowest BCUT2D eigenvalue weighted by molar-refractivity contribution is 0.376. The lowest BCUT2D eigenvalue weighted by Crippen LogP contribution is -2.13. The van der Waals surface area contributed by atoms with Gasteiger partial charge < -0.3 is 20.9 Å². The molecule has 1 aromatic rings. The molecule has 17 heavy (non-hydrogen) atoms. The van der Waals surface area contributed by atoms with Gasteiger partial charge >= 0.3 is 0 Å². The van der Waals surface area contributed by atoms with Gasteiger partial charge in [0.1, 0.15) is 11.5 Å². The largest absolute Gasteiger partial charge is 0.496 e. The number of hydrogen-bond acceptors (Lipinski definition) is 4. The van der Waals surface area contributed by atoms with Gasteiger partial charge in [-0.3, -0.25) is 0 Å². The first-order valence-corrected chi connectivity index (χ1v) is 5.91. The highest BCUT2D eigenvalue weighted by Crippen LogP contribution is 2.34. The quantitative estimate of drug-likeness (QED) is 0.711.